The first kappa shape index (κ1) is 17.8. The number of alkyl halides is 3. The molecule has 3 nitrogen and oxygen atoms in total. The molecule has 0 saturated carbocycles. The van der Waals surface area contributed by atoms with Crippen LogP contribution in [0.4, 0.5) is 13.2 Å². The Bertz CT molecular complexity index is 917. The van der Waals surface area contributed by atoms with Crippen molar-refractivity contribution in [3.8, 4) is 5.75 Å². The van der Waals surface area contributed by atoms with Crippen LogP contribution in [0.25, 0.3) is 10.8 Å². The van der Waals surface area contributed by atoms with Gasteiger partial charge in [-0.1, -0.05) is 48.5 Å². The topological polar surface area (TPSA) is 38.3 Å². The molecule has 1 amide bonds. The first-order valence-corrected chi connectivity index (χ1v) is 7.97. The summed E-state index contributed by atoms with van der Waals surface area (Å²) in [4.78, 5) is 11.9. The van der Waals surface area contributed by atoms with Gasteiger partial charge in [-0.15, -0.1) is 0 Å². The van der Waals surface area contributed by atoms with E-state index in [1.165, 1.54) is 12.1 Å². The Balaban J connectivity index is 1.58. The number of hydrogen-bond acceptors (Lipinski definition) is 2. The average molecular weight is 359 g/mol. The summed E-state index contributed by atoms with van der Waals surface area (Å²) in [7, 11) is 0. The first-order chi connectivity index (χ1) is 12.4. The number of halogens is 3. The molecule has 0 bridgehead atoms. The third-order valence-electron chi connectivity index (χ3n) is 3.89. The van der Waals surface area contributed by atoms with Gasteiger partial charge in [0, 0.05) is 6.54 Å². The molecule has 0 spiro atoms. The number of carbonyl (C=O) groups is 1. The lowest BCUT2D eigenvalue weighted by Gasteiger charge is -2.11. The summed E-state index contributed by atoms with van der Waals surface area (Å²) >= 11 is 0. The van der Waals surface area contributed by atoms with E-state index in [1.807, 2.05) is 42.5 Å². The van der Waals surface area contributed by atoms with Gasteiger partial charge in [0.2, 0.25) is 0 Å². The molecule has 3 aromatic rings. The van der Waals surface area contributed by atoms with Gasteiger partial charge in [-0.25, -0.2) is 0 Å². The van der Waals surface area contributed by atoms with Crippen LogP contribution >= 0.6 is 0 Å². The van der Waals surface area contributed by atoms with Gasteiger partial charge in [0.25, 0.3) is 5.91 Å². The highest BCUT2D eigenvalue weighted by atomic mass is 19.4. The number of benzene rings is 3. The third-order valence-corrected chi connectivity index (χ3v) is 3.89. The second-order valence-corrected chi connectivity index (χ2v) is 5.73. The van der Waals surface area contributed by atoms with Gasteiger partial charge in [-0.2, -0.15) is 13.2 Å². The number of carbonyl (C=O) groups excluding carboxylic acids is 1. The standard InChI is InChI=1S/C20H16F3NO2/c21-20(22,23)16-8-4-9-17(11-16)26-13-19(25)24-12-15-7-3-6-14-5-1-2-10-18(14)15/h1-11H,12-13H2,(H,24,25). The van der Waals surface area contributed by atoms with Crippen LogP contribution in [0.5, 0.6) is 5.75 Å². The minimum absolute atomic E-state index is 0.000126. The van der Waals surface area contributed by atoms with Gasteiger partial charge in [0.1, 0.15) is 5.75 Å². The predicted molar refractivity (Wildman–Crippen MR) is 92.7 cm³/mol. The molecule has 3 aromatic carbocycles. The fraction of sp³-hybridized carbons (Fsp3) is 0.150. The van der Waals surface area contributed by atoms with Crippen LogP contribution in [-0.4, -0.2) is 12.5 Å². The first-order valence-electron chi connectivity index (χ1n) is 7.97. The van der Waals surface area contributed by atoms with Crippen LogP contribution in [0.3, 0.4) is 0 Å². The van der Waals surface area contributed by atoms with Gasteiger partial charge in [-0.05, 0) is 34.5 Å². The normalized spacial score (nSPS) is 11.3. The highest BCUT2D eigenvalue weighted by Gasteiger charge is 2.30. The molecule has 1 N–H and O–H groups in total. The molecule has 0 atom stereocenters. The van der Waals surface area contributed by atoms with E-state index in [-0.39, 0.29) is 12.4 Å². The molecule has 0 radical (unpaired) electrons. The van der Waals surface area contributed by atoms with Crippen LogP contribution in [0, 0.1) is 0 Å². The fourth-order valence-electron chi connectivity index (χ4n) is 2.60. The van der Waals surface area contributed by atoms with Crippen molar-refractivity contribution in [2.24, 2.45) is 0 Å². The molecule has 134 valence electrons. The lowest BCUT2D eigenvalue weighted by atomic mass is 10.0. The molecule has 0 aromatic heterocycles. The van der Waals surface area contributed by atoms with Crippen molar-refractivity contribution in [1.82, 2.24) is 5.32 Å². The number of amides is 1. The number of hydrogen-bond donors (Lipinski definition) is 1. The van der Waals surface area contributed by atoms with Crippen molar-refractivity contribution in [2.45, 2.75) is 12.7 Å². The van der Waals surface area contributed by atoms with E-state index in [0.29, 0.717) is 6.54 Å². The SMILES string of the molecule is O=C(COc1cccc(C(F)(F)F)c1)NCc1cccc2ccccc12. The summed E-state index contributed by atoms with van der Waals surface area (Å²) in [6, 6.07) is 18.1. The van der Waals surface area contributed by atoms with Crippen molar-refractivity contribution in [2.75, 3.05) is 6.61 Å². The Kier molecular flexibility index (Phi) is 5.11. The molecule has 0 aliphatic rings. The van der Waals surface area contributed by atoms with Gasteiger partial charge in [0.05, 0.1) is 5.56 Å². The van der Waals surface area contributed by atoms with E-state index >= 15 is 0 Å². The van der Waals surface area contributed by atoms with Crippen molar-refractivity contribution in [3.05, 3.63) is 77.9 Å². The van der Waals surface area contributed by atoms with Crippen molar-refractivity contribution in [1.29, 1.82) is 0 Å². The largest absolute Gasteiger partial charge is 0.484 e. The molecule has 0 saturated heterocycles. The summed E-state index contributed by atoms with van der Waals surface area (Å²) < 4.78 is 43.2. The summed E-state index contributed by atoms with van der Waals surface area (Å²) in [5.74, 6) is -0.407. The number of fused-ring (bicyclic) bond motifs is 1. The van der Waals surface area contributed by atoms with Crippen molar-refractivity contribution in [3.63, 3.8) is 0 Å². The molecular formula is C20H16F3NO2. The second kappa shape index (κ2) is 7.47. The minimum Gasteiger partial charge on any atom is -0.484 e. The third kappa shape index (κ3) is 4.33. The zero-order valence-electron chi connectivity index (χ0n) is 13.7. The molecule has 0 fully saturated rings. The Morgan fingerprint density at radius 2 is 1.69 bits per heavy atom. The van der Waals surface area contributed by atoms with E-state index < -0.39 is 17.6 Å². The number of nitrogens with one attached hydrogen (secondary N) is 1. The van der Waals surface area contributed by atoms with E-state index in [1.54, 1.807) is 0 Å². The monoisotopic (exact) mass is 359 g/mol. The number of ether oxygens (including phenoxy) is 1. The highest BCUT2D eigenvalue weighted by Crippen LogP contribution is 2.31. The predicted octanol–water partition coefficient (Wildman–Crippen LogP) is 4.55. The zero-order chi connectivity index (χ0) is 18.6. The Labute approximate surface area is 148 Å². The average Bonchev–Trinajstić information content (AvgIpc) is 2.64. The van der Waals surface area contributed by atoms with Crippen LogP contribution < -0.4 is 10.1 Å². The molecule has 0 aliphatic carbocycles. The van der Waals surface area contributed by atoms with Crippen LogP contribution in [-0.2, 0) is 17.5 Å². The van der Waals surface area contributed by atoms with E-state index in [4.69, 9.17) is 4.74 Å². The Morgan fingerprint density at radius 3 is 2.50 bits per heavy atom. The molecule has 0 unspecified atom stereocenters. The van der Waals surface area contributed by atoms with E-state index in [0.717, 1.165) is 28.5 Å². The molecule has 26 heavy (non-hydrogen) atoms. The Hall–Kier alpha value is -3.02. The highest BCUT2D eigenvalue weighted by molar-refractivity contribution is 5.86. The molecule has 0 aliphatic heterocycles. The fourth-order valence-corrected chi connectivity index (χ4v) is 2.60. The lowest BCUT2D eigenvalue weighted by molar-refractivity contribution is -0.137. The van der Waals surface area contributed by atoms with E-state index in [9.17, 15) is 18.0 Å². The molecule has 6 heteroatoms. The van der Waals surface area contributed by atoms with Crippen LogP contribution in [0.2, 0.25) is 0 Å². The van der Waals surface area contributed by atoms with E-state index in [2.05, 4.69) is 5.32 Å². The van der Waals surface area contributed by atoms with Crippen molar-refractivity contribution >= 4 is 16.7 Å². The quantitative estimate of drug-likeness (QED) is 0.726. The zero-order valence-corrected chi connectivity index (χ0v) is 13.7. The summed E-state index contributed by atoms with van der Waals surface area (Å²) in [5, 5.41) is 4.83. The van der Waals surface area contributed by atoms with Gasteiger partial charge < -0.3 is 10.1 Å². The smallest absolute Gasteiger partial charge is 0.416 e. The van der Waals surface area contributed by atoms with Crippen LogP contribution in [0.15, 0.2) is 66.7 Å². The summed E-state index contributed by atoms with van der Waals surface area (Å²) in [6.07, 6.45) is -4.45. The summed E-state index contributed by atoms with van der Waals surface area (Å²) in [5.41, 5.74) is 0.140. The maximum Gasteiger partial charge on any atom is 0.416 e. The molecular weight excluding hydrogens is 343 g/mol. The maximum atomic E-state index is 12.7. The maximum absolute atomic E-state index is 12.7. The molecule has 3 rings (SSSR count). The second-order valence-electron chi connectivity index (χ2n) is 5.73. The van der Waals surface area contributed by atoms with Gasteiger partial charge in [0.15, 0.2) is 6.61 Å². The van der Waals surface area contributed by atoms with Crippen LogP contribution in [0.1, 0.15) is 11.1 Å². The number of rotatable bonds is 5. The Morgan fingerprint density at radius 1 is 0.962 bits per heavy atom. The van der Waals surface area contributed by atoms with Gasteiger partial charge >= 0.3 is 6.18 Å². The minimum atomic E-state index is -4.45. The van der Waals surface area contributed by atoms with Crippen molar-refractivity contribution < 1.29 is 22.7 Å². The molecule has 0 heterocycles. The summed E-state index contributed by atoms with van der Waals surface area (Å²) in [6.45, 7) is -0.0434. The van der Waals surface area contributed by atoms with Gasteiger partial charge in [-0.3, -0.25) is 4.79 Å². The lowest BCUT2D eigenvalue weighted by Crippen LogP contribution is -2.28.